The number of nitrogens with zero attached hydrogens (tertiary/aromatic N) is 2. The van der Waals surface area contributed by atoms with Crippen LogP contribution in [0.5, 0.6) is 5.75 Å². The van der Waals surface area contributed by atoms with E-state index >= 15 is 0 Å². The van der Waals surface area contributed by atoms with Crippen molar-refractivity contribution in [1.82, 2.24) is 10.2 Å². The summed E-state index contributed by atoms with van der Waals surface area (Å²) in [6.07, 6.45) is 4.27. The van der Waals surface area contributed by atoms with Gasteiger partial charge in [0, 0.05) is 38.2 Å². The largest absolute Gasteiger partial charge is 0.494 e. The highest BCUT2D eigenvalue weighted by Crippen LogP contribution is 2.38. The number of nitrogens with one attached hydrogen (secondary N) is 1. The summed E-state index contributed by atoms with van der Waals surface area (Å²) in [6, 6.07) is 6.15. The second-order valence-corrected chi connectivity index (χ2v) is 7.22. The molecule has 2 saturated heterocycles. The van der Waals surface area contributed by atoms with Gasteiger partial charge in [-0.3, -0.25) is 4.99 Å². The van der Waals surface area contributed by atoms with Gasteiger partial charge in [0.05, 0.1) is 13.2 Å². The second-order valence-electron chi connectivity index (χ2n) is 7.22. The lowest BCUT2D eigenvalue weighted by Gasteiger charge is -2.25. The Morgan fingerprint density at radius 3 is 2.81 bits per heavy atom. The Morgan fingerprint density at radius 1 is 1.30 bits per heavy atom. The summed E-state index contributed by atoms with van der Waals surface area (Å²) < 4.78 is 24.1. The molecule has 7 heteroatoms. The van der Waals surface area contributed by atoms with Crippen LogP contribution in [-0.2, 0) is 4.74 Å². The van der Waals surface area contributed by atoms with E-state index in [4.69, 9.17) is 14.5 Å². The number of benzene rings is 1. The van der Waals surface area contributed by atoms with Crippen molar-refractivity contribution < 1.29 is 13.9 Å². The summed E-state index contributed by atoms with van der Waals surface area (Å²) >= 11 is 0. The molecule has 1 atom stereocenters. The lowest BCUT2D eigenvalue weighted by molar-refractivity contribution is 0.156. The molecule has 0 aliphatic carbocycles. The fraction of sp³-hybridized carbons (Fsp3) is 0.650. The molecule has 2 heterocycles. The Morgan fingerprint density at radius 2 is 2.11 bits per heavy atom. The topological polar surface area (TPSA) is 46.1 Å². The summed E-state index contributed by atoms with van der Waals surface area (Å²) in [7, 11) is 0. The van der Waals surface area contributed by atoms with Gasteiger partial charge in [0.1, 0.15) is 11.6 Å². The van der Waals surface area contributed by atoms with Crippen LogP contribution in [0.15, 0.2) is 29.3 Å². The lowest BCUT2D eigenvalue weighted by atomic mass is 9.87. The van der Waals surface area contributed by atoms with Gasteiger partial charge in [0.15, 0.2) is 5.96 Å². The highest BCUT2D eigenvalue weighted by Gasteiger charge is 2.42. The number of halogens is 2. The van der Waals surface area contributed by atoms with Crippen molar-refractivity contribution in [2.24, 2.45) is 10.4 Å². The maximum Gasteiger partial charge on any atom is 0.193 e. The van der Waals surface area contributed by atoms with Crippen molar-refractivity contribution >= 4 is 29.9 Å². The number of hydrogen-bond donors (Lipinski definition) is 1. The fourth-order valence-corrected chi connectivity index (χ4v) is 3.63. The quantitative estimate of drug-likeness (QED) is 0.274. The van der Waals surface area contributed by atoms with Gasteiger partial charge < -0.3 is 19.7 Å². The fourth-order valence-electron chi connectivity index (χ4n) is 3.63. The minimum absolute atomic E-state index is 0. The zero-order valence-electron chi connectivity index (χ0n) is 16.1. The summed E-state index contributed by atoms with van der Waals surface area (Å²) in [5.41, 5.74) is 0.346. The number of aliphatic imine (C=N–C) groups is 1. The zero-order chi connectivity index (χ0) is 18.2. The van der Waals surface area contributed by atoms with E-state index in [1.54, 1.807) is 12.1 Å². The van der Waals surface area contributed by atoms with E-state index in [0.29, 0.717) is 17.8 Å². The van der Waals surface area contributed by atoms with E-state index in [9.17, 15) is 4.39 Å². The molecule has 2 aliphatic heterocycles. The van der Waals surface area contributed by atoms with E-state index in [0.717, 1.165) is 58.2 Å². The molecule has 0 amide bonds. The molecule has 1 spiro atoms. The minimum Gasteiger partial charge on any atom is -0.494 e. The van der Waals surface area contributed by atoms with E-state index in [1.165, 1.54) is 25.0 Å². The van der Waals surface area contributed by atoms with E-state index in [-0.39, 0.29) is 29.8 Å². The summed E-state index contributed by atoms with van der Waals surface area (Å²) in [5, 5.41) is 3.42. The predicted octanol–water partition coefficient (Wildman–Crippen LogP) is 3.68. The first-order valence-electron chi connectivity index (χ1n) is 9.70. The van der Waals surface area contributed by atoms with Gasteiger partial charge in [-0.1, -0.05) is 0 Å². The van der Waals surface area contributed by atoms with E-state index in [1.807, 2.05) is 0 Å². The Labute approximate surface area is 178 Å². The molecule has 3 rings (SSSR count). The highest BCUT2D eigenvalue weighted by atomic mass is 127. The maximum atomic E-state index is 12.9. The van der Waals surface area contributed by atoms with Crippen LogP contribution in [0, 0.1) is 11.2 Å². The molecule has 2 fully saturated rings. The van der Waals surface area contributed by atoms with Crippen molar-refractivity contribution in [3.05, 3.63) is 30.1 Å². The lowest BCUT2D eigenvalue weighted by Crippen LogP contribution is -2.41. The number of hydrogen-bond acceptors (Lipinski definition) is 3. The molecule has 0 saturated carbocycles. The van der Waals surface area contributed by atoms with Gasteiger partial charge in [-0.15, -0.1) is 24.0 Å². The third kappa shape index (κ3) is 6.48. The van der Waals surface area contributed by atoms with Gasteiger partial charge in [-0.25, -0.2) is 4.39 Å². The third-order valence-corrected chi connectivity index (χ3v) is 5.15. The number of likely N-dealkylation sites (tertiary alicyclic amines) is 1. The first-order valence-corrected chi connectivity index (χ1v) is 9.70. The normalized spacial score (nSPS) is 22.1. The number of unbranched alkanes of at least 4 members (excludes halogenated alkanes) is 1. The molecule has 1 N–H and O–H groups in total. The van der Waals surface area contributed by atoms with Gasteiger partial charge >= 0.3 is 0 Å². The van der Waals surface area contributed by atoms with Crippen LogP contribution in [0.25, 0.3) is 0 Å². The second kappa shape index (κ2) is 11.0. The van der Waals surface area contributed by atoms with Crippen molar-refractivity contribution in [1.29, 1.82) is 0 Å². The first kappa shape index (κ1) is 22.2. The van der Waals surface area contributed by atoms with Crippen LogP contribution in [0.4, 0.5) is 4.39 Å². The van der Waals surface area contributed by atoms with Gasteiger partial charge in [-0.2, -0.15) is 0 Å². The van der Waals surface area contributed by atoms with Crippen molar-refractivity contribution in [2.45, 2.75) is 32.6 Å². The molecule has 1 aromatic rings. The average molecular weight is 491 g/mol. The Hall–Kier alpha value is -1.09. The van der Waals surface area contributed by atoms with Crippen LogP contribution >= 0.6 is 24.0 Å². The molecular weight excluding hydrogens is 460 g/mol. The smallest absolute Gasteiger partial charge is 0.193 e. The van der Waals surface area contributed by atoms with Crippen molar-refractivity contribution in [3.63, 3.8) is 0 Å². The third-order valence-electron chi connectivity index (χ3n) is 5.15. The molecular formula is C20H31FIN3O2. The average Bonchev–Trinajstić information content (AvgIpc) is 3.29. The molecule has 0 bridgehead atoms. The van der Waals surface area contributed by atoms with E-state index < -0.39 is 0 Å². The molecule has 0 aromatic heterocycles. The summed E-state index contributed by atoms with van der Waals surface area (Å²) in [4.78, 5) is 7.17. The Bertz CT molecular complexity index is 591. The number of guanidine groups is 1. The molecule has 1 unspecified atom stereocenters. The van der Waals surface area contributed by atoms with Crippen LogP contribution < -0.4 is 10.1 Å². The monoisotopic (exact) mass is 491 g/mol. The molecule has 2 aliphatic rings. The Balaban J connectivity index is 0.00000261. The molecule has 152 valence electrons. The molecule has 5 nitrogen and oxygen atoms in total. The Kier molecular flexibility index (Phi) is 9.08. The van der Waals surface area contributed by atoms with E-state index in [2.05, 4.69) is 17.1 Å². The molecule has 27 heavy (non-hydrogen) atoms. The zero-order valence-corrected chi connectivity index (χ0v) is 18.4. The maximum absolute atomic E-state index is 12.9. The highest BCUT2D eigenvalue weighted by molar-refractivity contribution is 14.0. The van der Waals surface area contributed by atoms with Crippen molar-refractivity contribution in [3.8, 4) is 5.75 Å². The standard InChI is InChI=1S/C20H30FN3O2.HI/c1-2-22-19(24-12-9-20(15-24)10-14-25-16-20)23-11-3-4-13-26-18-7-5-17(21)6-8-18;/h5-8H,2-4,9-16H2,1H3,(H,22,23);1H. The summed E-state index contributed by atoms with van der Waals surface area (Å²) in [5.74, 6) is 1.50. The van der Waals surface area contributed by atoms with Gasteiger partial charge in [0.2, 0.25) is 0 Å². The van der Waals surface area contributed by atoms with Crippen LogP contribution in [0.3, 0.4) is 0 Å². The van der Waals surface area contributed by atoms with Crippen LogP contribution in [0.1, 0.15) is 32.6 Å². The first-order chi connectivity index (χ1) is 12.7. The van der Waals surface area contributed by atoms with Crippen LogP contribution in [0.2, 0.25) is 0 Å². The van der Waals surface area contributed by atoms with Gasteiger partial charge in [-0.05, 0) is 56.9 Å². The summed E-state index contributed by atoms with van der Waals surface area (Å²) in [6.45, 7) is 8.30. The minimum atomic E-state index is -0.240. The number of ether oxygens (including phenoxy) is 2. The SMILES string of the molecule is CCNC(=NCCCCOc1ccc(F)cc1)N1CCC2(CCOC2)C1.I. The van der Waals surface area contributed by atoms with Gasteiger partial charge in [0.25, 0.3) is 0 Å². The molecule has 0 radical (unpaired) electrons. The number of rotatable bonds is 7. The molecule has 1 aromatic carbocycles. The van der Waals surface area contributed by atoms with Crippen LogP contribution in [-0.4, -0.2) is 56.9 Å². The predicted molar refractivity (Wildman–Crippen MR) is 117 cm³/mol. The van der Waals surface area contributed by atoms with Crippen molar-refractivity contribution in [2.75, 3.05) is 46.0 Å².